The van der Waals surface area contributed by atoms with Gasteiger partial charge in [-0.3, -0.25) is 4.99 Å². The molecular weight excluding hydrogens is 224 g/mol. The predicted molar refractivity (Wildman–Crippen MR) is 74.9 cm³/mol. The van der Waals surface area contributed by atoms with Gasteiger partial charge in [-0.2, -0.15) is 0 Å². The van der Waals surface area contributed by atoms with Crippen molar-refractivity contribution < 1.29 is 4.74 Å². The van der Waals surface area contributed by atoms with Crippen LogP contribution in [-0.4, -0.2) is 25.5 Å². The fourth-order valence-corrected chi connectivity index (χ4v) is 2.04. The standard InChI is InChI=1S/C15H22N2O/c1-4-18-13(12-8-6-5-7-9-12)14-16-10-15(2,3)11-17-14/h5-9,13H,4,10-11H2,1-3H3,(H,16,17)/t13-/m1/s1. The summed E-state index contributed by atoms with van der Waals surface area (Å²) in [5.74, 6) is 0.961. The van der Waals surface area contributed by atoms with Crippen LogP contribution in [0.3, 0.4) is 0 Å². The molecule has 1 atom stereocenters. The van der Waals surface area contributed by atoms with Crippen LogP contribution in [0.2, 0.25) is 0 Å². The van der Waals surface area contributed by atoms with Crippen molar-refractivity contribution in [2.45, 2.75) is 26.9 Å². The van der Waals surface area contributed by atoms with E-state index < -0.39 is 0 Å². The first kappa shape index (κ1) is 13.1. The van der Waals surface area contributed by atoms with Crippen LogP contribution in [0.15, 0.2) is 35.3 Å². The van der Waals surface area contributed by atoms with E-state index in [2.05, 4.69) is 36.3 Å². The molecule has 18 heavy (non-hydrogen) atoms. The van der Waals surface area contributed by atoms with Crippen LogP contribution in [0.1, 0.15) is 32.4 Å². The van der Waals surface area contributed by atoms with Crippen molar-refractivity contribution >= 4 is 5.84 Å². The first-order valence-corrected chi connectivity index (χ1v) is 6.57. The van der Waals surface area contributed by atoms with Crippen molar-refractivity contribution in [1.29, 1.82) is 0 Å². The molecule has 0 saturated carbocycles. The molecule has 1 aromatic rings. The van der Waals surface area contributed by atoms with Crippen LogP contribution in [0.5, 0.6) is 0 Å². The SMILES string of the molecule is CCO[C@@H](C1=NCC(C)(C)CN1)c1ccccc1. The maximum atomic E-state index is 5.84. The molecule has 98 valence electrons. The van der Waals surface area contributed by atoms with E-state index >= 15 is 0 Å². The lowest BCUT2D eigenvalue weighted by Gasteiger charge is -2.32. The third-order valence-electron chi connectivity index (χ3n) is 3.11. The summed E-state index contributed by atoms with van der Waals surface area (Å²) < 4.78 is 5.84. The molecule has 1 aliphatic heterocycles. The molecule has 0 bridgehead atoms. The van der Waals surface area contributed by atoms with E-state index in [0.717, 1.165) is 24.5 Å². The molecule has 0 aliphatic carbocycles. The third-order valence-corrected chi connectivity index (χ3v) is 3.11. The quantitative estimate of drug-likeness (QED) is 0.886. The van der Waals surface area contributed by atoms with Gasteiger partial charge in [-0.1, -0.05) is 44.2 Å². The largest absolute Gasteiger partial charge is 0.371 e. The van der Waals surface area contributed by atoms with Gasteiger partial charge in [0.1, 0.15) is 11.9 Å². The zero-order valence-electron chi connectivity index (χ0n) is 11.4. The Balaban J connectivity index is 2.19. The van der Waals surface area contributed by atoms with E-state index in [0.29, 0.717) is 6.61 Å². The van der Waals surface area contributed by atoms with Gasteiger partial charge in [-0.05, 0) is 12.5 Å². The molecule has 3 nitrogen and oxygen atoms in total. The number of amidine groups is 1. The lowest BCUT2D eigenvalue weighted by molar-refractivity contribution is 0.105. The summed E-state index contributed by atoms with van der Waals surface area (Å²) in [6.45, 7) is 8.94. The number of rotatable bonds is 4. The van der Waals surface area contributed by atoms with Gasteiger partial charge in [-0.25, -0.2) is 0 Å². The Labute approximate surface area is 109 Å². The first-order chi connectivity index (χ1) is 8.62. The number of benzene rings is 1. The zero-order chi connectivity index (χ0) is 13.0. The highest BCUT2D eigenvalue weighted by Gasteiger charge is 2.27. The second-order valence-electron chi connectivity index (χ2n) is 5.47. The smallest absolute Gasteiger partial charge is 0.139 e. The second kappa shape index (κ2) is 5.53. The van der Waals surface area contributed by atoms with E-state index in [-0.39, 0.29) is 11.5 Å². The summed E-state index contributed by atoms with van der Waals surface area (Å²) >= 11 is 0. The molecule has 0 unspecified atom stereocenters. The summed E-state index contributed by atoms with van der Waals surface area (Å²) in [4.78, 5) is 4.66. The Bertz CT molecular complexity index is 412. The molecule has 1 N–H and O–H groups in total. The molecule has 2 rings (SSSR count). The molecule has 1 heterocycles. The van der Waals surface area contributed by atoms with Crippen molar-refractivity contribution in [2.24, 2.45) is 10.4 Å². The Morgan fingerprint density at radius 3 is 2.61 bits per heavy atom. The average molecular weight is 246 g/mol. The first-order valence-electron chi connectivity index (χ1n) is 6.57. The van der Waals surface area contributed by atoms with Crippen LogP contribution >= 0.6 is 0 Å². The van der Waals surface area contributed by atoms with Crippen molar-refractivity contribution in [3.63, 3.8) is 0 Å². The highest BCUT2D eigenvalue weighted by molar-refractivity contribution is 5.88. The maximum Gasteiger partial charge on any atom is 0.139 e. The maximum absolute atomic E-state index is 5.84. The number of hydrogen-bond donors (Lipinski definition) is 1. The minimum atomic E-state index is -0.0627. The molecule has 0 radical (unpaired) electrons. The van der Waals surface area contributed by atoms with Gasteiger partial charge in [0.25, 0.3) is 0 Å². The predicted octanol–water partition coefficient (Wildman–Crippen LogP) is 2.79. The molecule has 3 heteroatoms. The lowest BCUT2D eigenvalue weighted by Crippen LogP contribution is -2.43. The van der Waals surface area contributed by atoms with Gasteiger partial charge in [0.2, 0.25) is 0 Å². The number of aliphatic imine (C=N–C) groups is 1. The monoisotopic (exact) mass is 246 g/mol. The van der Waals surface area contributed by atoms with E-state index in [1.54, 1.807) is 0 Å². The number of nitrogens with zero attached hydrogens (tertiary/aromatic N) is 1. The second-order valence-corrected chi connectivity index (χ2v) is 5.47. The molecule has 0 amide bonds. The van der Waals surface area contributed by atoms with Crippen molar-refractivity contribution in [3.05, 3.63) is 35.9 Å². The van der Waals surface area contributed by atoms with Gasteiger partial charge in [-0.15, -0.1) is 0 Å². The van der Waals surface area contributed by atoms with Crippen LogP contribution in [0.4, 0.5) is 0 Å². The zero-order valence-corrected chi connectivity index (χ0v) is 11.4. The number of hydrogen-bond acceptors (Lipinski definition) is 3. The van der Waals surface area contributed by atoms with Crippen molar-refractivity contribution in [1.82, 2.24) is 5.32 Å². The summed E-state index contributed by atoms with van der Waals surface area (Å²) in [5, 5.41) is 3.42. The van der Waals surface area contributed by atoms with Gasteiger partial charge >= 0.3 is 0 Å². The fraction of sp³-hybridized carbons (Fsp3) is 0.533. The van der Waals surface area contributed by atoms with Crippen LogP contribution < -0.4 is 5.32 Å². The van der Waals surface area contributed by atoms with Gasteiger partial charge in [0.05, 0.1) is 0 Å². The Hall–Kier alpha value is -1.35. The van der Waals surface area contributed by atoms with E-state index in [4.69, 9.17) is 4.74 Å². The summed E-state index contributed by atoms with van der Waals surface area (Å²) in [5.41, 5.74) is 1.39. The Kier molecular flexibility index (Phi) is 4.02. The van der Waals surface area contributed by atoms with Crippen molar-refractivity contribution in [2.75, 3.05) is 19.7 Å². The summed E-state index contributed by atoms with van der Waals surface area (Å²) in [6.07, 6.45) is -0.0627. The molecular formula is C15H22N2O. The summed E-state index contributed by atoms with van der Waals surface area (Å²) in [6, 6.07) is 10.3. The molecule has 0 fully saturated rings. The van der Waals surface area contributed by atoms with Gasteiger partial charge in [0, 0.05) is 25.1 Å². The number of ether oxygens (including phenoxy) is 1. The van der Waals surface area contributed by atoms with Crippen LogP contribution in [0.25, 0.3) is 0 Å². The van der Waals surface area contributed by atoms with E-state index in [1.165, 1.54) is 0 Å². The Morgan fingerprint density at radius 1 is 1.33 bits per heavy atom. The molecule has 1 aromatic carbocycles. The highest BCUT2D eigenvalue weighted by Crippen LogP contribution is 2.23. The minimum absolute atomic E-state index is 0.0627. The molecule has 0 saturated heterocycles. The summed E-state index contributed by atoms with van der Waals surface area (Å²) in [7, 11) is 0. The minimum Gasteiger partial charge on any atom is -0.371 e. The molecule has 0 aromatic heterocycles. The lowest BCUT2D eigenvalue weighted by atomic mass is 9.92. The van der Waals surface area contributed by atoms with E-state index in [1.807, 2.05) is 25.1 Å². The third kappa shape index (κ3) is 3.10. The topological polar surface area (TPSA) is 33.6 Å². The van der Waals surface area contributed by atoms with Gasteiger partial charge < -0.3 is 10.1 Å². The highest BCUT2D eigenvalue weighted by atomic mass is 16.5. The van der Waals surface area contributed by atoms with Gasteiger partial charge in [0.15, 0.2) is 0 Å². The van der Waals surface area contributed by atoms with E-state index in [9.17, 15) is 0 Å². The Morgan fingerprint density at radius 2 is 2.06 bits per heavy atom. The molecule has 1 aliphatic rings. The van der Waals surface area contributed by atoms with Crippen LogP contribution in [0, 0.1) is 5.41 Å². The fourth-order valence-electron chi connectivity index (χ4n) is 2.04. The normalized spacial score (nSPS) is 19.8. The van der Waals surface area contributed by atoms with Crippen molar-refractivity contribution in [3.8, 4) is 0 Å². The molecule has 0 spiro atoms. The average Bonchev–Trinajstić information content (AvgIpc) is 2.38. The number of nitrogens with one attached hydrogen (secondary N) is 1. The van der Waals surface area contributed by atoms with Crippen LogP contribution in [-0.2, 0) is 4.74 Å².